The quantitative estimate of drug-likeness (QED) is 0.707. The Labute approximate surface area is 143 Å². The van der Waals surface area contributed by atoms with Crippen molar-refractivity contribution in [3.05, 3.63) is 47.9 Å². The fourth-order valence-electron chi connectivity index (χ4n) is 2.62. The third-order valence-electron chi connectivity index (χ3n) is 3.57. The van der Waals surface area contributed by atoms with Crippen LogP contribution in [0.5, 0.6) is 0 Å². The van der Waals surface area contributed by atoms with E-state index in [2.05, 4.69) is 4.98 Å². The highest BCUT2D eigenvalue weighted by molar-refractivity contribution is 5.92. The van der Waals surface area contributed by atoms with Gasteiger partial charge in [-0.15, -0.1) is 0 Å². The molecule has 1 amide bonds. The number of rotatable bonds is 2. The van der Waals surface area contributed by atoms with Crippen molar-refractivity contribution in [3.8, 4) is 11.1 Å². The lowest BCUT2D eigenvalue weighted by molar-refractivity contribution is -0.140. The van der Waals surface area contributed by atoms with Crippen LogP contribution in [0.15, 0.2) is 36.5 Å². The molecule has 1 aromatic heterocycles. The van der Waals surface area contributed by atoms with Crippen molar-refractivity contribution in [1.82, 2.24) is 4.98 Å². The van der Waals surface area contributed by atoms with Gasteiger partial charge in [0.1, 0.15) is 11.6 Å². The summed E-state index contributed by atoms with van der Waals surface area (Å²) < 4.78 is 52.2. The summed E-state index contributed by atoms with van der Waals surface area (Å²) in [5, 5.41) is 0. The number of carbonyl (C=O) groups is 1. The zero-order valence-corrected chi connectivity index (χ0v) is 14.3. The molecule has 0 unspecified atom stereocenters. The van der Waals surface area contributed by atoms with Crippen molar-refractivity contribution in [1.29, 1.82) is 0 Å². The van der Waals surface area contributed by atoms with Gasteiger partial charge in [-0.2, -0.15) is 13.2 Å². The second kappa shape index (κ2) is 6.46. The van der Waals surface area contributed by atoms with Gasteiger partial charge in [-0.25, -0.2) is 9.37 Å². The summed E-state index contributed by atoms with van der Waals surface area (Å²) in [6.45, 7) is 6.85. The van der Waals surface area contributed by atoms with Crippen LogP contribution >= 0.6 is 0 Å². The van der Waals surface area contributed by atoms with Crippen molar-refractivity contribution >= 4 is 11.7 Å². The van der Waals surface area contributed by atoms with Crippen molar-refractivity contribution in [3.63, 3.8) is 0 Å². The molecule has 0 aliphatic carbocycles. The number of pyridine rings is 1. The van der Waals surface area contributed by atoms with E-state index in [0.717, 1.165) is 12.1 Å². The fraction of sp³-hybridized carbons (Fsp3) is 0.333. The first-order valence-electron chi connectivity index (χ1n) is 7.55. The zero-order chi connectivity index (χ0) is 19.0. The topological polar surface area (TPSA) is 33.2 Å². The van der Waals surface area contributed by atoms with E-state index in [-0.39, 0.29) is 11.5 Å². The van der Waals surface area contributed by atoms with E-state index in [1.807, 2.05) is 20.8 Å². The number of carbonyl (C=O) groups excluding carboxylic acids is 1. The fourth-order valence-corrected chi connectivity index (χ4v) is 2.62. The van der Waals surface area contributed by atoms with Gasteiger partial charge in [0.25, 0.3) is 0 Å². The Morgan fingerprint density at radius 3 is 2.16 bits per heavy atom. The maximum atomic E-state index is 13.5. The molecule has 7 heteroatoms. The Morgan fingerprint density at radius 2 is 1.64 bits per heavy atom. The van der Waals surface area contributed by atoms with Crippen molar-refractivity contribution < 1.29 is 22.4 Å². The molecule has 1 heterocycles. The first kappa shape index (κ1) is 18.9. The lowest BCUT2D eigenvalue weighted by Gasteiger charge is -2.34. The molecule has 3 nitrogen and oxygen atoms in total. The van der Waals surface area contributed by atoms with Crippen LogP contribution in [0.2, 0.25) is 0 Å². The number of hydrogen-bond acceptors (Lipinski definition) is 2. The third kappa shape index (κ3) is 4.15. The highest BCUT2D eigenvalue weighted by Crippen LogP contribution is 2.35. The standard InChI is InChI=1S/C18H18F4N2O/c1-11(25)24(17(2,3)4)16-10-13(7-8-23-16)12-5-6-15(19)14(9-12)18(20,21)22/h5-10H,1-4H3. The Kier molecular flexibility index (Phi) is 4.88. The second-order valence-corrected chi connectivity index (χ2v) is 6.62. The summed E-state index contributed by atoms with van der Waals surface area (Å²) in [6.07, 6.45) is -3.38. The van der Waals surface area contributed by atoms with Crippen LogP contribution in [0.25, 0.3) is 11.1 Å². The van der Waals surface area contributed by atoms with E-state index < -0.39 is 23.1 Å². The smallest absolute Gasteiger partial charge is 0.292 e. The number of halogens is 4. The van der Waals surface area contributed by atoms with E-state index in [9.17, 15) is 22.4 Å². The van der Waals surface area contributed by atoms with Crippen LogP contribution in [0.3, 0.4) is 0 Å². The SMILES string of the molecule is CC(=O)N(c1cc(-c2ccc(F)c(C(F)(F)F)c2)ccn1)C(C)(C)C. The molecule has 0 saturated carbocycles. The number of aromatic nitrogens is 1. The van der Waals surface area contributed by atoms with E-state index in [0.29, 0.717) is 11.4 Å². The molecule has 0 atom stereocenters. The monoisotopic (exact) mass is 354 g/mol. The Morgan fingerprint density at radius 1 is 1.04 bits per heavy atom. The Bertz CT molecular complexity index is 794. The molecular formula is C18H18F4N2O. The maximum absolute atomic E-state index is 13.5. The third-order valence-corrected chi connectivity index (χ3v) is 3.57. The van der Waals surface area contributed by atoms with Crippen LogP contribution in [0.1, 0.15) is 33.3 Å². The Hall–Kier alpha value is -2.44. The number of benzene rings is 1. The molecule has 0 aliphatic rings. The van der Waals surface area contributed by atoms with E-state index in [1.54, 1.807) is 0 Å². The molecule has 25 heavy (non-hydrogen) atoms. The maximum Gasteiger partial charge on any atom is 0.419 e. The van der Waals surface area contributed by atoms with Crippen LogP contribution in [-0.4, -0.2) is 16.4 Å². The average molecular weight is 354 g/mol. The van der Waals surface area contributed by atoms with E-state index in [4.69, 9.17) is 0 Å². The van der Waals surface area contributed by atoms with Crippen LogP contribution < -0.4 is 4.90 Å². The summed E-state index contributed by atoms with van der Waals surface area (Å²) in [6, 6.07) is 5.82. The van der Waals surface area contributed by atoms with Crippen LogP contribution in [0.4, 0.5) is 23.4 Å². The molecule has 0 radical (unpaired) electrons. The number of amides is 1. The molecular weight excluding hydrogens is 336 g/mol. The molecule has 0 N–H and O–H groups in total. The highest BCUT2D eigenvalue weighted by Gasteiger charge is 2.34. The van der Waals surface area contributed by atoms with Gasteiger partial charge in [0.2, 0.25) is 5.91 Å². The molecule has 0 spiro atoms. The van der Waals surface area contributed by atoms with Gasteiger partial charge in [0, 0.05) is 18.7 Å². The average Bonchev–Trinajstić information content (AvgIpc) is 2.45. The van der Waals surface area contributed by atoms with E-state index in [1.165, 1.54) is 36.2 Å². The number of nitrogens with zero attached hydrogens (tertiary/aromatic N) is 2. The van der Waals surface area contributed by atoms with E-state index >= 15 is 0 Å². The second-order valence-electron chi connectivity index (χ2n) is 6.62. The summed E-state index contributed by atoms with van der Waals surface area (Å²) in [5.74, 6) is -1.26. The van der Waals surface area contributed by atoms with Crippen molar-refractivity contribution in [2.45, 2.75) is 39.4 Å². The largest absolute Gasteiger partial charge is 0.419 e. The lowest BCUT2D eigenvalue weighted by Crippen LogP contribution is -2.45. The van der Waals surface area contributed by atoms with Gasteiger partial charge in [-0.1, -0.05) is 6.07 Å². The van der Waals surface area contributed by atoms with Crippen LogP contribution in [-0.2, 0) is 11.0 Å². The van der Waals surface area contributed by atoms with Gasteiger partial charge in [-0.05, 0) is 56.2 Å². The van der Waals surface area contributed by atoms with Gasteiger partial charge in [0.15, 0.2) is 0 Å². The highest BCUT2D eigenvalue weighted by atomic mass is 19.4. The van der Waals surface area contributed by atoms with Crippen molar-refractivity contribution in [2.24, 2.45) is 0 Å². The molecule has 0 bridgehead atoms. The predicted molar refractivity (Wildman–Crippen MR) is 87.5 cm³/mol. The van der Waals surface area contributed by atoms with Gasteiger partial charge < -0.3 is 0 Å². The molecule has 1 aromatic carbocycles. The number of alkyl halides is 3. The van der Waals surface area contributed by atoms with Crippen LogP contribution in [0, 0.1) is 5.82 Å². The molecule has 134 valence electrons. The summed E-state index contributed by atoms with van der Waals surface area (Å²) >= 11 is 0. The minimum atomic E-state index is -4.78. The Balaban J connectivity index is 2.55. The summed E-state index contributed by atoms with van der Waals surface area (Å²) in [4.78, 5) is 17.6. The van der Waals surface area contributed by atoms with Crippen molar-refractivity contribution in [2.75, 3.05) is 4.90 Å². The summed E-state index contributed by atoms with van der Waals surface area (Å²) in [5.41, 5.74) is -1.29. The molecule has 0 fully saturated rings. The van der Waals surface area contributed by atoms with Gasteiger partial charge in [0.05, 0.1) is 5.56 Å². The first-order chi connectivity index (χ1) is 11.4. The minimum Gasteiger partial charge on any atom is -0.292 e. The minimum absolute atomic E-state index is 0.190. The first-order valence-corrected chi connectivity index (χ1v) is 7.55. The number of hydrogen-bond donors (Lipinski definition) is 0. The zero-order valence-electron chi connectivity index (χ0n) is 14.3. The lowest BCUT2D eigenvalue weighted by atomic mass is 10.0. The summed E-state index contributed by atoms with van der Waals surface area (Å²) in [7, 11) is 0. The normalized spacial score (nSPS) is 12.2. The number of anilines is 1. The van der Waals surface area contributed by atoms with Gasteiger partial charge >= 0.3 is 6.18 Å². The molecule has 0 aliphatic heterocycles. The molecule has 0 saturated heterocycles. The van der Waals surface area contributed by atoms with Gasteiger partial charge in [-0.3, -0.25) is 9.69 Å². The predicted octanol–water partition coefficient (Wildman–Crippen LogP) is 5.06. The molecule has 2 aromatic rings. The molecule has 2 rings (SSSR count).